The minimum atomic E-state index is -0.710. The average molecular weight is 390 g/mol. The molecule has 0 saturated carbocycles. The summed E-state index contributed by atoms with van der Waals surface area (Å²) in [7, 11) is 0. The van der Waals surface area contributed by atoms with Gasteiger partial charge in [0.1, 0.15) is 0 Å². The summed E-state index contributed by atoms with van der Waals surface area (Å²) in [6.45, 7) is 1.16. The van der Waals surface area contributed by atoms with Crippen LogP contribution in [0.2, 0.25) is 5.02 Å². The minimum absolute atomic E-state index is 0.0129. The molecular formula is C19H20ClN3O4. The fourth-order valence-corrected chi connectivity index (χ4v) is 2.88. The highest BCUT2D eigenvalue weighted by Gasteiger charge is 2.18. The van der Waals surface area contributed by atoms with Gasteiger partial charge in [-0.15, -0.1) is 0 Å². The first-order valence-corrected chi connectivity index (χ1v) is 8.90. The lowest BCUT2D eigenvalue weighted by Crippen LogP contribution is -2.35. The molecular weight excluding hydrogens is 370 g/mol. The highest BCUT2D eigenvalue weighted by atomic mass is 35.5. The number of primary amides is 1. The number of hydrogen-bond donors (Lipinski definition) is 3. The Morgan fingerprint density at radius 2 is 1.78 bits per heavy atom. The van der Waals surface area contributed by atoms with Crippen LogP contribution in [0.25, 0.3) is 0 Å². The normalized spacial score (nSPS) is 14.0. The molecule has 8 heteroatoms. The fourth-order valence-electron chi connectivity index (χ4n) is 2.76. The maximum atomic E-state index is 12.5. The number of hydrogen-bond acceptors (Lipinski definition) is 4. The molecule has 3 amide bonds. The number of carbonyl (C=O) groups is 2. The summed E-state index contributed by atoms with van der Waals surface area (Å²) in [5.41, 5.74) is 6.55. The van der Waals surface area contributed by atoms with Crippen LogP contribution in [0, 0.1) is 0 Å². The van der Waals surface area contributed by atoms with Crippen LogP contribution in [-0.4, -0.2) is 25.2 Å². The molecule has 1 aliphatic heterocycles. The van der Waals surface area contributed by atoms with Crippen molar-refractivity contribution < 1.29 is 19.1 Å². The molecule has 142 valence electrons. The van der Waals surface area contributed by atoms with Crippen molar-refractivity contribution in [2.75, 3.05) is 18.5 Å². The molecule has 0 aromatic heterocycles. The zero-order valence-corrected chi connectivity index (χ0v) is 15.3. The van der Waals surface area contributed by atoms with Crippen molar-refractivity contribution in [3.05, 3.63) is 53.1 Å². The van der Waals surface area contributed by atoms with E-state index in [2.05, 4.69) is 10.6 Å². The summed E-state index contributed by atoms with van der Waals surface area (Å²) < 4.78 is 11.2. The van der Waals surface area contributed by atoms with E-state index < -0.39 is 12.1 Å². The molecule has 0 saturated heterocycles. The van der Waals surface area contributed by atoms with E-state index in [4.69, 9.17) is 26.8 Å². The van der Waals surface area contributed by atoms with E-state index in [0.717, 1.165) is 12.0 Å². The molecule has 1 unspecified atom stereocenters. The highest BCUT2D eigenvalue weighted by Crippen LogP contribution is 2.32. The number of halogens is 1. The second-order valence-electron chi connectivity index (χ2n) is 6.08. The molecule has 2 aromatic carbocycles. The Bertz CT molecular complexity index is 826. The predicted molar refractivity (Wildman–Crippen MR) is 102 cm³/mol. The molecule has 7 nitrogen and oxygen atoms in total. The Morgan fingerprint density at radius 1 is 1.07 bits per heavy atom. The number of carbonyl (C=O) groups excluding carboxylic acids is 2. The standard InChI is InChI=1S/C19H20ClN3O4/c20-13-4-2-12(3-5-13)15(23-19(21)25)11-18(24)22-14-6-7-16-17(10-14)27-9-1-8-26-16/h2-7,10,15H,1,8-9,11H2,(H,22,24)(H3,21,23,25). The summed E-state index contributed by atoms with van der Waals surface area (Å²) in [4.78, 5) is 23.8. The highest BCUT2D eigenvalue weighted by molar-refractivity contribution is 6.30. The van der Waals surface area contributed by atoms with Gasteiger partial charge in [-0.1, -0.05) is 23.7 Å². The molecule has 2 aromatic rings. The minimum Gasteiger partial charge on any atom is -0.490 e. The molecule has 0 radical (unpaired) electrons. The molecule has 0 spiro atoms. The van der Waals surface area contributed by atoms with Crippen molar-refractivity contribution >= 4 is 29.2 Å². The average Bonchev–Trinajstić information content (AvgIpc) is 2.86. The third kappa shape index (κ3) is 5.27. The first-order valence-electron chi connectivity index (χ1n) is 8.52. The Labute approximate surface area is 161 Å². The Balaban J connectivity index is 1.69. The molecule has 0 aliphatic carbocycles. The lowest BCUT2D eigenvalue weighted by molar-refractivity contribution is -0.116. The van der Waals surface area contributed by atoms with Gasteiger partial charge in [-0.25, -0.2) is 4.79 Å². The van der Waals surface area contributed by atoms with Crippen LogP contribution in [0.15, 0.2) is 42.5 Å². The number of nitrogens with one attached hydrogen (secondary N) is 2. The first kappa shape index (κ1) is 18.8. The number of fused-ring (bicyclic) bond motifs is 1. The Kier molecular flexibility index (Phi) is 6.03. The van der Waals surface area contributed by atoms with Crippen LogP contribution < -0.4 is 25.8 Å². The van der Waals surface area contributed by atoms with Gasteiger partial charge < -0.3 is 25.8 Å². The molecule has 0 fully saturated rings. The lowest BCUT2D eigenvalue weighted by atomic mass is 10.0. The summed E-state index contributed by atoms with van der Waals surface area (Å²) in [5.74, 6) is 0.966. The predicted octanol–water partition coefficient (Wildman–Crippen LogP) is 3.24. The lowest BCUT2D eigenvalue weighted by Gasteiger charge is -2.18. The van der Waals surface area contributed by atoms with Gasteiger partial charge in [0.15, 0.2) is 11.5 Å². The number of amides is 3. The van der Waals surface area contributed by atoms with Gasteiger partial charge in [0.25, 0.3) is 0 Å². The quantitative estimate of drug-likeness (QED) is 0.730. The molecule has 3 rings (SSSR count). The number of rotatable bonds is 5. The van der Waals surface area contributed by atoms with E-state index >= 15 is 0 Å². The third-order valence-corrected chi connectivity index (χ3v) is 4.26. The van der Waals surface area contributed by atoms with Crippen molar-refractivity contribution in [3.63, 3.8) is 0 Å². The zero-order chi connectivity index (χ0) is 19.2. The fraction of sp³-hybridized carbons (Fsp3) is 0.263. The van der Waals surface area contributed by atoms with Gasteiger partial charge in [0.2, 0.25) is 5.91 Å². The monoisotopic (exact) mass is 389 g/mol. The first-order chi connectivity index (χ1) is 13.0. The van der Waals surface area contributed by atoms with Gasteiger partial charge in [0.05, 0.1) is 25.7 Å². The van der Waals surface area contributed by atoms with Gasteiger partial charge >= 0.3 is 6.03 Å². The molecule has 27 heavy (non-hydrogen) atoms. The number of ether oxygens (including phenoxy) is 2. The van der Waals surface area contributed by atoms with E-state index in [0.29, 0.717) is 35.4 Å². The second-order valence-corrected chi connectivity index (χ2v) is 6.51. The molecule has 1 atom stereocenters. The SMILES string of the molecule is NC(=O)NC(CC(=O)Nc1ccc2c(c1)OCCCO2)c1ccc(Cl)cc1. The van der Waals surface area contributed by atoms with Crippen LogP contribution in [0.1, 0.15) is 24.4 Å². The Morgan fingerprint density at radius 3 is 2.48 bits per heavy atom. The second kappa shape index (κ2) is 8.64. The van der Waals surface area contributed by atoms with Crippen LogP contribution in [0.5, 0.6) is 11.5 Å². The van der Waals surface area contributed by atoms with E-state index in [1.807, 2.05) is 0 Å². The summed E-state index contributed by atoms with van der Waals surface area (Å²) in [6, 6.07) is 10.8. The van der Waals surface area contributed by atoms with E-state index in [9.17, 15) is 9.59 Å². The van der Waals surface area contributed by atoms with Gasteiger partial charge in [-0.3, -0.25) is 4.79 Å². The number of anilines is 1. The summed E-state index contributed by atoms with van der Waals surface area (Å²) in [6.07, 6.45) is 0.816. The number of benzene rings is 2. The smallest absolute Gasteiger partial charge is 0.312 e. The maximum Gasteiger partial charge on any atom is 0.312 e. The van der Waals surface area contributed by atoms with E-state index in [-0.39, 0.29) is 12.3 Å². The summed E-state index contributed by atoms with van der Waals surface area (Å²) >= 11 is 5.89. The molecule has 1 aliphatic rings. The number of urea groups is 1. The van der Waals surface area contributed by atoms with Crippen LogP contribution in [0.4, 0.5) is 10.5 Å². The number of nitrogens with two attached hydrogens (primary N) is 1. The zero-order valence-electron chi connectivity index (χ0n) is 14.5. The largest absolute Gasteiger partial charge is 0.490 e. The van der Waals surface area contributed by atoms with Crippen molar-refractivity contribution in [2.24, 2.45) is 5.73 Å². The molecule has 4 N–H and O–H groups in total. The van der Waals surface area contributed by atoms with Crippen molar-refractivity contribution in [2.45, 2.75) is 18.9 Å². The van der Waals surface area contributed by atoms with Gasteiger partial charge in [0, 0.05) is 23.2 Å². The van der Waals surface area contributed by atoms with Crippen molar-refractivity contribution in [3.8, 4) is 11.5 Å². The van der Waals surface area contributed by atoms with Crippen LogP contribution in [0.3, 0.4) is 0 Å². The molecule has 0 bridgehead atoms. The third-order valence-electron chi connectivity index (χ3n) is 4.01. The van der Waals surface area contributed by atoms with Crippen molar-refractivity contribution in [1.29, 1.82) is 0 Å². The van der Waals surface area contributed by atoms with Gasteiger partial charge in [-0.2, -0.15) is 0 Å². The molecule has 1 heterocycles. The topological polar surface area (TPSA) is 103 Å². The van der Waals surface area contributed by atoms with E-state index in [1.165, 1.54) is 0 Å². The summed E-state index contributed by atoms with van der Waals surface area (Å²) in [5, 5.41) is 5.95. The Hall–Kier alpha value is -2.93. The van der Waals surface area contributed by atoms with Crippen molar-refractivity contribution in [1.82, 2.24) is 5.32 Å². The van der Waals surface area contributed by atoms with Crippen LogP contribution in [-0.2, 0) is 4.79 Å². The maximum absolute atomic E-state index is 12.5. The van der Waals surface area contributed by atoms with Gasteiger partial charge in [-0.05, 0) is 29.8 Å². The van der Waals surface area contributed by atoms with Crippen LogP contribution >= 0.6 is 11.6 Å². The van der Waals surface area contributed by atoms with E-state index in [1.54, 1.807) is 42.5 Å².